The molecule has 0 radical (unpaired) electrons. The summed E-state index contributed by atoms with van der Waals surface area (Å²) in [5, 5.41) is 4.50. The molecule has 2 N–H and O–H groups in total. The summed E-state index contributed by atoms with van der Waals surface area (Å²) in [5.74, 6) is 0.360. The summed E-state index contributed by atoms with van der Waals surface area (Å²) in [5.41, 5.74) is 7.99. The number of aromatic nitrogens is 3. The minimum Gasteiger partial charge on any atom is -0.479 e. The summed E-state index contributed by atoms with van der Waals surface area (Å²) < 4.78 is 7.09. The van der Waals surface area contributed by atoms with Crippen LogP contribution in [-0.2, 0) is 0 Å². The van der Waals surface area contributed by atoms with Crippen LogP contribution in [0.25, 0.3) is 5.69 Å². The van der Waals surface area contributed by atoms with Gasteiger partial charge in [0.1, 0.15) is 11.4 Å². The van der Waals surface area contributed by atoms with Gasteiger partial charge in [-0.05, 0) is 24.3 Å². The number of anilines is 2. The van der Waals surface area contributed by atoms with E-state index in [1.54, 1.807) is 17.1 Å². The van der Waals surface area contributed by atoms with Crippen molar-refractivity contribution >= 4 is 17.4 Å². The van der Waals surface area contributed by atoms with E-state index >= 15 is 0 Å². The lowest BCUT2D eigenvalue weighted by Crippen LogP contribution is -2.47. The van der Waals surface area contributed by atoms with E-state index in [-0.39, 0.29) is 5.88 Å². The van der Waals surface area contributed by atoms with Crippen molar-refractivity contribution in [3.05, 3.63) is 60.4 Å². The molecule has 3 aromatic rings. The SMILES string of the molecule is COc1nn(-c2ccccc2)c(N2CCN(c3ccncc3)CC2)c1C(N)=O. The van der Waals surface area contributed by atoms with Crippen molar-refractivity contribution in [1.82, 2.24) is 14.8 Å². The van der Waals surface area contributed by atoms with Gasteiger partial charge in [0.05, 0.1) is 12.8 Å². The highest BCUT2D eigenvalue weighted by Crippen LogP contribution is 2.32. The molecule has 0 spiro atoms. The third-order valence-corrected chi connectivity index (χ3v) is 4.88. The molecular weight excluding hydrogens is 356 g/mol. The first-order valence-corrected chi connectivity index (χ1v) is 9.11. The number of benzene rings is 1. The number of hydrogen-bond donors (Lipinski definition) is 1. The molecular formula is C20H22N6O2. The Labute approximate surface area is 163 Å². The third-order valence-electron chi connectivity index (χ3n) is 4.88. The Morgan fingerprint density at radius 3 is 2.21 bits per heavy atom. The number of primary amides is 1. The van der Waals surface area contributed by atoms with Crippen LogP contribution in [0.3, 0.4) is 0 Å². The highest BCUT2D eigenvalue weighted by Gasteiger charge is 2.30. The third kappa shape index (κ3) is 3.24. The number of carbonyl (C=O) groups excluding carboxylic acids is 1. The van der Waals surface area contributed by atoms with E-state index in [2.05, 4.69) is 19.9 Å². The van der Waals surface area contributed by atoms with Gasteiger partial charge in [0.25, 0.3) is 5.91 Å². The molecule has 144 valence electrons. The van der Waals surface area contributed by atoms with Gasteiger partial charge in [0, 0.05) is 44.3 Å². The number of ether oxygens (including phenoxy) is 1. The fourth-order valence-electron chi connectivity index (χ4n) is 3.52. The van der Waals surface area contributed by atoms with Crippen LogP contribution in [0.1, 0.15) is 10.4 Å². The highest BCUT2D eigenvalue weighted by molar-refractivity contribution is 6.00. The van der Waals surface area contributed by atoms with Gasteiger partial charge in [0.2, 0.25) is 5.88 Å². The number of pyridine rings is 1. The van der Waals surface area contributed by atoms with E-state index in [9.17, 15) is 4.79 Å². The van der Waals surface area contributed by atoms with Gasteiger partial charge >= 0.3 is 0 Å². The lowest BCUT2D eigenvalue weighted by atomic mass is 10.2. The van der Waals surface area contributed by atoms with Gasteiger partial charge in [-0.25, -0.2) is 4.68 Å². The normalized spacial score (nSPS) is 14.2. The molecule has 1 aliphatic heterocycles. The summed E-state index contributed by atoms with van der Waals surface area (Å²) in [7, 11) is 1.50. The molecule has 0 bridgehead atoms. The quantitative estimate of drug-likeness (QED) is 0.727. The zero-order chi connectivity index (χ0) is 19.5. The summed E-state index contributed by atoms with van der Waals surface area (Å²) >= 11 is 0. The predicted octanol–water partition coefficient (Wildman–Crippen LogP) is 1.70. The maximum absolute atomic E-state index is 12.2. The van der Waals surface area contributed by atoms with Crippen LogP contribution in [0.2, 0.25) is 0 Å². The van der Waals surface area contributed by atoms with Gasteiger partial charge in [-0.15, -0.1) is 5.10 Å². The molecule has 1 saturated heterocycles. The number of para-hydroxylation sites is 1. The number of methoxy groups -OCH3 is 1. The van der Waals surface area contributed by atoms with Crippen molar-refractivity contribution in [1.29, 1.82) is 0 Å². The van der Waals surface area contributed by atoms with Crippen molar-refractivity contribution in [2.24, 2.45) is 5.73 Å². The minimum absolute atomic E-state index is 0.239. The van der Waals surface area contributed by atoms with E-state index in [1.807, 2.05) is 42.5 Å². The van der Waals surface area contributed by atoms with Crippen LogP contribution < -0.4 is 20.3 Å². The number of nitrogens with zero attached hydrogens (tertiary/aromatic N) is 5. The fourth-order valence-corrected chi connectivity index (χ4v) is 3.52. The first-order valence-electron chi connectivity index (χ1n) is 9.11. The second-order valence-electron chi connectivity index (χ2n) is 6.50. The zero-order valence-electron chi connectivity index (χ0n) is 15.7. The number of amides is 1. The van der Waals surface area contributed by atoms with Gasteiger partial charge in [-0.3, -0.25) is 9.78 Å². The van der Waals surface area contributed by atoms with Crippen LogP contribution in [-0.4, -0.2) is 54.0 Å². The molecule has 28 heavy (non-hydrogen) atoms. The molecule has 4 rings (SSSR count). The summed E-state index contributed by atoms with van der Waals surface area (Å²) in [6.45, 7) is 3.07. The second kappa shape index (κ2) is 7.59. The van der Waals surface area contributed by atoms with Crippen LogP contribution in [0.4, 0.5) is 11.5 Å². The van der Waals surface area contributed by atoms with Crippen molar-refractivity contribution in [3.8, 4) is 11.6 Å². The Balaban J connectivity index is 1.69. The smallest absolute Gasteiger partial charge is 0.258 e. The van der Waals surface area contributed by atoms with Crippen molar-refractivity contribution < 1.29 is 9.53 Å². The Bertz CT molecular complexity index is 950. The molecule has 0 unspecified atom stereocenters. The van der Waals surface area contributed by atoms with Gasteiger partial charge in [-0.2, -0.15) is 0 Å². The predicted molar refractivity (Wildman–Crippen MR) is 107 cm³/mol. The molecule has 1 aromatic carbocycles. The molecule has 0 saturated carbocycles. The molecule has 2 aromatic heterocycles. The van der Waals surface area contributed by atoms with Crippen LogP contribution >= 0.6 is 0 Å². The Hall–Kier alpha value is -3.55. The monoisotopic (exact) mass is 378 g/mol. The molecule has 0 atom stereocenters. The molecule has 1 aliphatic rings. The average molecular weight is 378 g/mol. The molecule has 1 amide bonds. The number of piperazine rings is 1. The number of carbonyl (C=O) groups is 1. The highest BCUT2D eigenvalue weighted by atomic mass is 16.5. The largest absolute Gasteiger partial charge is 0.479 e. The lowest BCUT2D eigenvalue weighted by Gasteiger charge is -2.37. The lowest BCUT2D eigenvalue weighted by molar-refractivity contribution is 0.0998. The number of rotatable bonds is 5. The van der Waals surface area contributed by atoms with Gasteiger partial charge < -0.3 is 20.3 Å². The van der Waals surface area contributed by atoms with E-state index < -0.39 is 5.91 Å². The van der Waals surface area contributed by atoms with Crippen molar-refractivity contribution in [3.63, 3.8) is 0 Å². The molecule has 3 heterocycles. The molecule has 8 heteroatoms. The maximum Gasteiger partial charge on any atom is 0.258 e. The van der Waals surface area contributed by atoms with E-state index in [1.165, 1.54) is 7.11 Å². The van der Waals surface area contributed by atoms with Crippen LogP contribution in [0.15, 0.2) is 54.9 Å². The maximum atomic E-state index is 12.2. The zero-order valence-corrected chi connectivity index (χ0v) is 15.7. The van der Waals surface area contributed by atoms with E-state index in [4.69, 9.17) is 10.5 Å². The first kappa shape index (κ1) is 17.8. The van der Waals surface area contributed by atoms with Crippen molar-refractivity contribution in [2.45, 2.75) is 0 Å². The van der Waals surface area contributed by atoms with Crippen LogP contribution in [0, 0.1) is 0 Å². The summed E-state index contributed by atoms with van der Waals surface area (Å²) in [6.07, 6.45) is 3.59. The van der Waals surface area contributed by atoms with E-state index in [0.717, 1.165) is 37.6 Å². The van der Waals surface area contributed by atoms with Crippen molar-refractivity contribution in [2.75, 3.05) is 43.1 Å². The number of nitrogens with two attached hydrogens (primary N) is 1. The Morgan fingerprint density at radius 2 is 1.61 bits per heavy atom. The van der Waals surface area contributed by atoms with Gasteiger partial charge in [-0.1, -0.05) is 18.2 Å². The van der Waals surface area contributed by atoms with Gasteiger partial charge in [0.15, 0.2) is 0 Å². The Kier molecular flexibility index (Phi) is 4.84. The first-order chi connectivity index (χ1) is 13.7. The average Bonchev–Trinajstić information content (AvgIpc) is 3.15. The Morgan fingerprint density at radius 1 is 0.964 bits per heavy atom. The second-order valence-corrected chi connectivity index (χ2v) is 6.50. The molecule has 0 aliphatic carbocycles. The fraction of sp³-hybridized carbons (Fsp3) is 0.250. The number of hydrogen-bond acceptors (Lipinski definition) is 6. The minimum atomic E-state index is -0.550. The standard InChI is InChI=1S/C20H22N6O2/c1-28-19-17(18(21)27)20(26(23-19)16-5-3-2-4-6-16)25-13-11-24(12-14-25)15-7-9-22-10-8-15/h2-10H,11-14H2,1H3,(H2,21,27). The topological polar surface area (TPSA) is 89.5 Å². The molecule has 8 nitrogen and oxygen atoms in total. The summed E-state index contributed by atoms with van der Waals surface area (Å²) in [6, 6.07) is 13.7. The van der Waals surface area contributed by atoms with Crippen LogP contribution in [0.5, 0.6) is 5.88 Å². The molecule has 1 fully saturated rings. The van der Waals surface area contributed by atoms with E-state index in [0.29, 0.717) is 11.4 Å². The summed E-state index contributed by atoms with van der Waals surface area (Å²) in [4.78, 5) is 20.7.